The van der Waals surface area contributed by atoms with Crippen LogP contribution in [0, 0.1) is 0 Å². The molecule has 6 rings (SSSR count). The lowest BCUT2D eigenvalue weighted by Gasteiger charge is -2.48. The van der Waals surface area contributed by atoms with Crippen LogP contribution < -0.4 is 0 Å². The maximum Gasteiger partial charge on any atom is 0.318 e. The summed E-state index contributed by atoms with van der Waals surface area (Å²) in [5.41, 5.74) is 4.80. The summed E-state index contributed by atoms with van der Waals surface area (Å²) in [7, 11) is 0. The molecule has 6 heteroatoms. The van der Waals surface area contributed by atoms with Gasteiger partial charge in [-0.1, -0.05) is 152 Å². The second kappa shape index (κ2) is 16.3. The van der Waals surface area contributed by atoms with Gasteiger partial charge in [-0.15, -0.1) is 0 Å². The summed E-state index contributed by atoms with van der Waals surface area (Å²) >= 11 is 0. The normalized spacial score (nSPS) is 19.8. The fourth-order valence-corrected chi connectivity index (χ4v) is 6.35. The van der Waals surface area contributed by atoms with E-state index in [9.17, 15) is 9.90 Å². The van der Waals surface area contributed by atoms with Gasteiger partial charge in [0.25, 0.3) is 0 Å². The van der Waals surface area contributed by atoms with E-state index in [4.69, 9.17) is 14.2 Å². The van der Waals surface area contributed by atoms with Crippen LogP contribution in [-0.4, -0.2) is 53.5 Å². The van der Waals surface area contributed by atoms with Crippen LogP contribution in [0.2, 0.25) is 0 Å². The van der Waals surface area contributed by atoms with Gasteiger partial charge in [-0.25, -0.2) is 0 Å². The summed E-state index contributed by atoms with van der Waals surface area (Å²) in [4.78, 5) is 16.5. The van der Waals surface area contributed by atoms with E-state index in [1.165, 1.54) is 0 Å². The van der Waals surface area contributed by atoms with Gasteiger partial charge < -0.3 is 19.3 Å². The average Bonchev–Trinajstić information content (AvgIpc) is 3.12. The topological polar surface area (TPSA) is 68.2 Å². The van der Waals surface area contributed by atoms with Crippen molar-refractivity contribution in [3.05, 3.63) is 179 Å². The highest BCUT2D eigenvalue weighted by molar-refractivity contribution is 5.82. The fourth-order valence-electron chi connectivity index (χ4n) is 6.35. The fraction of sp³-hybridized carbons (Fsp3) is 0.244. The third-order valence-corrected chi connectivity index (χ3v) is 8.71. The van der Waals surface area contributed by atoms with Crippen molar-refractivity contribution in [1.29, 1.82) is 0 Å². The smallest absolute Gasteiger partial charge is 0.318 e. The van der Waals surface area contributed by atoms with Crippen molar-refractivity contribution in [2.24, 2.45) is 0 Å². The standard InChI is InChI=1S/C41H41NO5/c43-28-36-39(45-29-32-18-8-2-9-19-32)40(46-30-33-20-10-3-11-21-33)37(27-42(36)26-31-16-6-1-7-17-31)47-41(44)38(34-22-12-4-13-23-34)35-24-14-5-15-25-35/h1-25,36-40,43H,26-30H2/t36-,37+,39-,40+/m0/s1. The lowest BCUT2D eigenvalue weighted by molar-refractivity contribution is -0.209. The maximum atomic E-state index is 14.3. The lowest BCUT2D eigenvalue weighted by Crippen LogP contribution is -2.64. The number of ether oxygens (including phenoxy) is 3. The lowest BCUT2D eigenvalue weighted by atomic mass is 9.90. The van der Waals surface area contributed by atoms with Crippen LogP contribution in [0.5, 0.6) is 0 Å². The first kappa shape index (κ1) is 32.4. The quantitative estimate of drug-likeness (QED) is 0.145. The summed E-state index contributed by atoms with van der Waals surface area (Å²) in [5, 5.41) is 10.9. The van der Waals surface area contributed by atoms with Gasteiger partial charge in [0.15, 0.2) is 0 Å². The Balaban J connectivity index is 1.35. The molecule has 5 aromatic rings. The molecule has 0 spiro atoms. The number of aliphatic hydroxyl groups excluding tert-OH is 1. The van der Waals surface area contributed by atoms with Crippen molar-refractivity contribution < 1.29 is 24.1 Å². The Morgan fingerprint density at radius 3 is 1.51 bits per heavy atom. The van der Waals surface area contributed by atoms with E-state index in [1.807, 2.05) is 140 Å². The molecule has 6 nitrogen and oxygen atoms in total. The van der Waals surface area contributed by atoms with Crippen molar-refractivity contribution in [2.75, 3.05) is 13.2 Å². The molecular weight excluding hydrogens is 586 g/mol. The van der Waals surface area contributed by atoms with Gasteiger partial charge in [-0.3, -0.25) is 9.69 Å². The van der Waals surface area contributed by atoms with E-state index in [1.54, 1.807) is 0 Å². The number of nitrogens with zero attached hydrogens (tertiary/aromatic N) is 1. The van der Waals surface area contributed by atoms with E-state index in [0.717, 1.165) is 27.8 Å². The minimum Gasteiger partial charge on any atom is -0.457 e. The molecular formula is C41H41NO5. The molecule has 0 aromatic heterocycles. The zero-order valence-electron chi connectivity index (χ0n) is 26.4. The number of esters is 1. The number of hydrogen-bond donors (Lipinski definition) is 1. The molecule has 5 aromatic carbocycles. The molecule has 0 unspecified atom stereocenters. The second-order valence-corrected chi connectivity index (χ2v) is 11.9. The first-order valence-electron chi connectivity index (χ1n) is 16.2. The van der Waals surface area contributed by atoms with Gasteiger partial charge in [0, 0.05) is 13.1 Å². The van der Waals surface area contributed by atoms with Gasteiger partial charge in [-0.05, 0) is 27.8 Å². The van der Waals surface area contributed by atoms with Gasteiger partial charge >= 0.3 is 5.97 Å². The number of likely N-dealkylation sites (tertiary alicyclic amines) is 1. The van der Waals surface area contributed by atoms with Gasteiger partial charge in [0.2, 0.25) is 0 Å². The van der Waals surface area contributed by atoms with Crippen LogP contribution >= 0.6 is 0 Å². The predicted octanol–water partition coefficient (Wildman–Crippen LogP) is 6.78. The third kappa shape index (κ3) is 8.42. The van der Waals surface area contributed by atoms with E-state index < -0.39 is 30.3 Å². The second-order valence-electron chi connectivity index (χ2n) is 11.9. The van der Waals surface area contributed by atoms with Crippen LogP contribution in [0.4, 0.5) is 0 Å². The summed E-state index contributed by atoms with van der Waals surface area (Å²) in [6, 6.07) is 49.1. The Hall–Kier alpha value is -4.59. The number of carbonyl (C=O) groups is 1. The Bertz CT molecular complexity index is 1600. The predicted molar refractivity (Wildman–Crippen MR) is 182 cm³/mol. The Labute approximate surface area is 277 Å². The van der Waals surface area contributed by atoms with Crippen molar-refractivity contribution in [2.45, 2.75) is 50.0 Å². The van der Waals surface area contributed by atoms with Crippen molar-refractivity contribution >= 4 is 5.97 Å². The highest BCUT2D eigenvalue weighted by atomic mass is 16.6. The van der Waals surface area contributed by atoms with Gasteiger partial charge in [0.05, 0.1) is 25.9 Å². The molecule has 1 fully saturated rings. The number of carbonyl (C=O) groups excluding carboxylic acids is 1. The third-order valence-electron chi connectivity index (χ3n) is 8.71. The molecule has 0 aliphatic carbocycles. The molecule has 1 saturated heterocycles. The van der Waals surface area contributed by atoms with Crippen molar-refractivity contribution in [3.8, 4) is 0 Å². The van der Waals surface area contributed by atoms with Gasteiger partial charge in [0.1, 0.15) is 24.2 Å². The molecule has 47 heavy (non-hydrogen) atoms. The summed E-state index contributed by atoms with van der Waals surface area (Å²) in [6.07, 6.45) is -1.90. The number of rotatable bonds is 13. The number of piperidine rings is 1. The molecule has 0 radical (unpaired) electrons. The van der Waals surface area contributed by atoms with E-state index in [-0.39, 0.29) is 12.6 Å². The van der Waals surface area contributed by atoms with Crippen LogP contribution in [0.15, 0.2) is 152 Å². The molecule has 0 saturated carbocycles. The highest BCUT2D eigenvalue weighted by Crippen LogP contribution is 2.32. The largest absolute Gasteiger partial charge is 0.457 e. The molecule has 1 heterocycles. The Morgan fingerprint density at radius 1 is 0.617 bits per heavy atom. The number of hydrogen-bond acceptors (Lipinski definition) is 6. The Kier molecular flexibility index (Phi) is 11.2. The van der Waals surface area contributed by atoms with E-state index >= 15 is 0 Å². The molecule has 0 bridgehead atoms. The molecule has 0 amide bonds. The Morgan fingerprint density at radius 2 is 1.04 bits per heavy atom. The minimum absolute atomic E-state index is 0.144. The zero-order valence-corrected chi connectivity index (χ0v) is 26.4. The average molecular weight is 628 g/mol. The number of benzene rings is 5. The highest BCUT2D eigenvalue weighted by Gasteiger charge is 2.47. The van der Waals surface area contributed by atoms with Crippen LogP contribution in [0.25, 0.3) is 0 Å². The minimum atomic E-state index is -0.673. The zero-order chi connectivity index (χ0) is 32.3. The van der Waals surface area contributed by atoms with Crippen LogP contribution in [0.3, 0.4) is 0 Å². The molecule has 4 atom stereocenters. The molecule has 1 aliphatic rings. The molecule has 1 N–H and O–H groups in total. The summed E-state index contributed by atoms with van der Waals surface area (Å²) in [5.74, 6) is -0.973. The van der Waals surface area contributed by atoms with Gasteiger partial charge in [-0.2, -0.15) is 0 Å². The first-order chi connectivity index (χ1) is 23.2. The summed E-state index contributed by atoms with van der Waals surface area (Å²) in [6.45, 7) is 1.41. The van der Waals surface area contributed by atoms with Crippen molar-refractivity contribution in [1.82, 2.24) is 4.90 Å². The van der Waals surface area contributed by atoms with Crippen LogP contribution in [0.1, 0.15) is 33.7 Å². The maximum absolute atomic E-state index is 14.3. The number of aliphatic hydroxyl groups is 1. The molecule has 1 aliphatic heterocycles. The monoisotopic (exact) mass is 627 g/mol. The van der Waals surface area contributed by atoms with E-state index in [2.05, 4.69) is 17.0 Å². The SMILES string of the molecule is O=C(O[C@@H]1CN(Cc2ccccc2)[C@@H](CO)[C@H](OCc2ccccc2)[C@@H]1OCc1ccccc1)C(c1ccccc1)c1ccccc1. The van der Waals surface area contributed by atoms with Crippen molar-refractivity contribution in [3.63, 3.8) is 0 Å². The first-order valence-corrected chi connectivity index (χ1v) is 16.2. The summed E-state index contributed by atoms with van der Waals surface area (Å²) < 4.78 is 19.9. The van der Waals surface area contributed by atoms with Crippen LogP contribution in [-0.2, 0) is 38.8 Å². The molecule has 240 valence electrons. The van der Waals surface area contributed by atoms with E-state index in [0.29, 0.717) is 26.3 Å².